The molecule has 54 heavy (non-hydrogen) atoms. The number of para-hydroxylation sites is 4. The van der Waals surface area contributed by atoms with E-state index in [1.165, 1.54) is 0 Å². The molecule has 8 aromatic carbocycles. The lowest BCUT2D eigenvalue weighted by Crippen LogP contribution is -2.24. The zero-order chi connectivity index (χ0) is 37.1. The molecule has 0 heterocycles. The quantitative estimate of drug-likeness (QED) is 0.122. The number of benzene rings is 8. The van der Waals surface area contributed by atoms with Gasteiger partial charge < -0.3 is 18.1 Å². The van der Waals surface area contributed by atoms with E-state index in [2.05, 4.69) is 0 Å². The Morgan fingerprint density at radius 1 is 0.352 bits per heavy atom. The maximum Gasteiger partial charge on any atom is 0.465 e. The maximum absolute atomic E-state index is 15.9. The molecule has 10 heteroatoms. The molecule has 266 valence electrons. The average molecular weight is 788 g/mol. The van der Waals surface area contributed by atoms with Crippen LogP contribution in [0.25, 0.3) is 32.7 Å². The number of fused-ring (bicyclic) bond motifs is 2. The zero-order valence-electron chi connectivity index (χ0n) is 28.4. The Morgan fingerprint density at radius 2 is 0.741 bits per heavy atom. The van der Waals surface area contributed by atoms with Crippen LogP contribution in [0.15, 0.2) is 182 Å². The van der Waals surface area contributed by atoms with E-state index in [9.17, 15) is 0 Å². The second kappa shape index (κ2) is 15.1. The van der Waals surface area contributed by atoms with Crippen molar-refractivity contribution in [1.82, 2.24) is 0 Å². The molecule has 0 atom stereocenters. The average Bonchev–Trinajstić information content (AvgIpc) is 3.20. The summed E-state index contributed by atoms with van der Waals surface area (Å²) < 4.78 is 57.4. The minimum absolute atomic E-state index is 0.0239. The molecule has 0 saturated heterocycles. The molecule has 8 rings (SSSR count). The molecule has 6 nitrogen and oxygen atoms in total. The molecule has 0 aliphatic carbocycles. The van der Waals surface area contributed by atoms with Crippen molar-refractivity contribution in [3.63, 3.8) is 0 Å². The number of rotatable bonds is 11. The molecule has 0 aromatic heterocycles. The van der Waals surface area contributed by atoms with Crippen LogP contribution >= 0.6 is 38.4 Å². The molecule has 0 fully saturated rings. The highest BCUT2D eigenvalue weighted by molar-refractivity contribution is 7.64. The number of halogens is 2. The Kier molecular flexibility index (Phi) is 9.94. The van der Waals surface area contributed by atoms with E-state index in [1.807, 2.05) is 78.9 Å². The van der Waals surface area contributed by atoms with Crippen molar-refractivity contribution in [3.05, 3.63) is 192 Å². The predicted octanol–water partition coefficient (Wildman–Crippen LogP) is 12.9. The molecule has 0 bridgehead atoms. The van der Waals surface area contributed by atoms with Gasteiger partial charge in [0, 0.05) is 16.5 Å². The summed E-state index contributed by atoms with van der Waals surface area (Å²) in [4.78, 5) is 0. The fourth-order valence-electron chi connectivity index (χ4n) is 6.32. The van der Waals surface area contributed by atoms with Crippen molar-refractivity contribution in [2.24, 2.45) is 0 Å². The Balaban J connectivity index is 1.51. The third-order valence-corrected chi connectivity index (χ3v) is 13.4. The summed E-state index contributed by atoms with van der Waals surface area (Å²) in [5, 5.41) is 2.82. The van der Waals surface area contributed by atoms with Gasteiger partial charge in [-0.05, 0) is 70.8 Å². The summed E-state index contributed by atoms with van der Waals surface area (Å²) >= 11 is 14.4. The smallest absolute Gasteiger partial charge is 0.413 e. The molecule has 0 amide bonds. The van der Waals surface area contributed by atoms with Crippen molar-refractivity contribution >= 4 is 70.5 Å². The summed E-state index contributed by atoms with van der Waals surface area (Å²) in [6.45, 7) is 0. The highest BCUT2D eigenvalue weighted by Gasteiger charge is 2.43. The Bertz CT molecular complexity index is 2610. The van der Waals surface area contributed by atoms with Gasteiger partial charge in [0.2, 0.25) is 0 Å². The van der Waals surface area contributed by atoms with E-state index in [4.69, 9.17) is 41.3 Å². The van der Waals surface area contributed by atoms with E-state index in [0.29, 0.717) is 38.8 Å². The minimum Gasteiger partial charge on any atom is -0.413 e. The van der Waals surface area contributed by atoms with Crippen LogP contribution < -0.4 is 28.7 Å². The van der Waals surface area contributed by atoms with Crippen LogP contribution in [0.3, 0.4) is 0 Å². The van der Waals surface area contributed by atoms with Crippen LogP contribution in [0.4, 0.5) is 0 Å². The third kappa shape index (κ3) is 6.98. The lowest BCUT2D eigenvalue weighted by atomic mass is 9.93. The van der Waals surface area contributed by atoms with Crippen molar-refractivity contribution in [3.8, 4) is 34.1 Å². The lowest BCUT2D eigenvalue weighted by Gasteiger charge is -2.28. The second-order valence-electron chi connectivity index (χ2n) is 12.2. The van der Waals surface area contributed by atoms with Crippen LogP contribution in [0.5, 0.6) is 23.0 Å². The van der Waals surface area contributed by atoms with E-state index in [0.717, 1.165) is 5.39 Å². The monoisotopic (exact) mass is 786 g/mol. The maximum atomic E-state index is 15.9. The van der Waals surface area contributed by atoms with Crippen LogP contribution in [0, 0.1) is 0 Å². The van der Waals surface area contributed by atoms with E-state index >= 15 is 9.13 Å². The van der Waals surface area contributed by atoms with E-state index in [-0.39, 0.29) is 32.2 Å². The zero-order valence-corrected chi connectivity index (χ0v) is 31.7. The molecule has 0 saturated carbocycles. The molecule has 0 aliphatic rings. The van der Waals surface area contributed by atoms with Gasteiger partial charge in [-0.1, -0.05) is 151 Å². The molecule has 0 aliphatic heterocycles. The summed E-state index contributed by atoms with van der Waals surface area (Å²) in [5.74, 6) is 1.18. The van der Waals surface area contributed by atoms with Gasteiger partial charge in [-0.25, -0.2) is 9.13 Å². The van der Waals surface area contributed by atoms with Crippen molar-refractivity contribution < 1.29 is 27.2 Å². The fraction of sp³-hybridized carbons (Fsp3) is 0. The standard InChI is InChI=1S/C44H30Cl2O6P2/c45-42-38-28-16-15-27-37(38)41(44(43(42)46)54(48,51-34-22-9-3-10-23-34)52-35-24-11-4-12-25-35)40-36-26-14-13-17-31(36)29-30-39(40)53(47,49-32-18-5-1-6-19-32)50-33-20-7-2-8-21-33/h1-30H. The van der Waals surface area contributed by atoms with Crippen molar-refractivity contribution in [2.45, 2.75) is 0 Å². The molecular weight excluding hydrogens is 757 g/mol. The van der Waals surface area contributed by atoms with Crippen LogP contribution in [-0.2, 0) is 9.13 Å². The van der Waals surface area contributed by atoms with Gasteiger partial charge in [0.1, 0.15) is 28.3 Å². The highest BCUT2D eigenvalue weighted by atomic mass is 35.5. The van der Waals surface area contributed by atoms with Gasteiger partial charge in [-0.3, -0.25) is 0 Å². The number of hydrogen-bond acceptors (Lipinski definition) is 6. The van der Waals surface area contributed by atoms with Crippen molar-refractivity contribution in [2.75, 3.05) is 0 Å². The Morgan fingerprint density at radius 3 is 1.22 bits per heavy atom. The first-order valence-electron chi connectivity index (χ1n) is 16.9. The molecule has 0 radical (unpaired) electrons. The molecule has 0 unspecified atom stereocenters. The van der Waals surface area contributed by atoms with Gasteiger partial charge in [-0.15, -0.1) is 0 Å². The number of hydrogen-bond donors (Lipinski definition) is 0. The summed E-state index contributed by atoms with van der Waals surface area (Å²) in [5.41, 5.74) is 0.720. The van der Waals surface area contributed by atoms with Gasteiger partial charge in [-0.2, -0.15) is 0 Å². The first kappa shape index (κ1) is 35.5. The Hall–Kier alpha value is -5.48. The molecule has 8 aromatic rings. The summed E-state index contributed by atoms with van der Waals surface area (Å²) in [7, 11) is -8.94. The predicted molar refractivity (Wildman–Crippen MR) is 220 cm³/mol. The first-order chi connectivity index (χ1) is 26.3. The second-order valence-corrected chi connectivity index (χ2v) is 16.6. The van der Waals surface area contributed by atoms with Gasteiger partial charge in [0.05, 0.1) is 15.3 Å². The van der Waals surface area contributed by atoms with Gasteiger partial charge in [0.25, 0.3) is 0 Å². The SMILES string of the molecule is O=P(Oc1ccccc1)(Oc1ccccc1)c1ccc2ccccc2c1-c1c(P(=O)(Oc2ccccc2)Oc2ccccc2)c(Cl)c(Cl)c2ccccc12. The first-order valence-corrected chi connectivity index (χ1v) is 20.8. The molecular formula is C44H30Cl2O6P2. The Labute approximate surface area is 322 Å². The minimum atomic E-state index is -4.56. The lowest BCUT2D eigenvalue weighted by molar-refractivity contribution is 0.397. The van der Waals surface area contributed by atoms with Gasteiger partial charge in [0.15, 0.2) is 0 Å². The van der Waals surface area contributed by atoms with Gasteiger partial charge >= 0.3 is 15.2 Å². The summed E-state index contributed by atoms with van der Waals surface area (Å²) in [6, 6.07) is 53.5. The van der Waals surface area contributed by atoms with E-state index in [1.54, 1.807) is 103 Å². The summed E-state index contributed by atoms with van der Waals surface area (Å²) in [6.07, 6.45) is 0. The highest BCUT2D eigenvalue weighted by Crippen LogP contribution is 2.57. The van der Waals surface area contributed by atoms with Crippen LogP contribution in [0.1, 0.15) is 0 Å². The molecule has 0 spiro atoms. The van der Waals surface area contributed by atoms with Crippen molar-refractivity contribution in [1.29, 1.82) is 0 Å². The van der Waals surface area contributed by atoms with E-state index < -0.39 is 15.2 Å². The van der Waals surface area contributed by atoms with Crippen LogP contribution in [0.2, 0.25) is 10.0 Å². The fourth-order valence-corrected chi connectivity index (χ4v) is 10.8. The van der Waals surface area contributed by atoms with Crippen LogP contribution in [-0.4, -0.2) is 0 Å². The normalized spacial score (nSPS) is 11.7. The molecule has 0 N–H and O–H groups in total. The topological polar surface area (TPSA) is 71.1 Å². The largest absolute Gasteiger partial charge is 0.465 e. The third-order valence-electron chi connectivity index (χ3n) is 8.67.